The Bertz CT molecular complexity index is 224. The van der Waals surface area contributed by atoms with Gasteiger partial charge in [0.1, 0.15) is 0 Å². The Balaban J connectivity index is -0.0000000654. The van der Waals surface area contributed by atoms with Crippen LogP contribution in [0.4, 0.5) is 13.2 Å². The van der Waals surface area contributed by atoms with Crippen molar-refractivity contribution in [2.75, 3.05) is 0 Å². The Morgan fingerprint density at radius 2 is 1.53 bits per heavy atom. The minimum absolute atomic E-state index is 0. The summed E-state index contributed by atoms with van der Waals surface area (Å²) in [7, 11) is 0. The van der Waals surface area contributed by atoms with Gasteiger partial charge in [0, 0.05) is 0 Å². The number of carbonyl (C=O) groups is 1. The van der Waals surface area contributed by atoms with Crippen LogP contribution < -0.4 is 80.4 Å². The number of aliphatic carboxylic acids is 1. The molecule has 0 aromatic heterocycles. The number of carboxylic acid groups (broad SMARTS) is 1. The number of nitrogens with zero attached hydrogens (tertiary/aromatic N) is 1. The van der Waals surface area contributed by atoms with Crippen LogP contribution in [0.5, 0.6) is 0 Å². The van der Waals surface area contributed by atoms with Gasteiger partial charge in [-0.05, 0) is 0 Å². The normalized spacial score (nSPS) is 7.40. The molecule has 15 heavy (non-hydrogen) atoms. The molecule has 0 rings (SSSR count). The van der Waals surface area contributed by atoms with E-state index in [9.17, 15) is 13.2 Å². The van der Waals surface area contributed by atoms with Crippen molar-refractivity contribution in [2.24, 2.45) is 11.5 Å². The fraction of sp³-hybridized carbons (Fsp3) is 0.250. The van der Waals surface area contributed by atoms with Gasteiger partial charge in [-0.25, -0.2) is 4.79 Å². The van der Waals surface area contributed by atoms with Gasteiger partial charge in [0.25, 0.3) is 0 Å². The Kier molecular flexibility index (Phi) is 23.5. The molecule has 0 aromatic rings. The number of isothiocyanates is 1. The molecule has 0 aliphatic carbocycles. The molecule has 0 saturated heterocycles. The second-order valence-corrected chi connectivity index (χ2v) is 1.53. The summed E-state index contributed by atoms with van der Waals surface area (Å²) in [5.74, 6) is -3.09. The summed E-state index contributed by atoms with van der Waals surface area (Å²) in [6.45, 7) is 0. The van der Waals surface area contributed by atoms with Crippen molar-refractivity contribution in [1.29, 1.82) is 5.41 Å². The largest absolute Gasteiger partial charge is 1.00 e. The van der Waals surface area contributed by atoms with Crippen LogP contribution >= 0.6 is 12.2 Å². The van der Waals surface area contributed by atoms with Crippen molar-refractivity contribution in [3.8, 4) is 0 Å². The van der Waals surface area contributed by atoms with Gasteiger partial charge >= 0.3 is 81.0 Å². The predicted octanol–water partition coefficient (Wildman–Crippen LogP) is -2.87. The van der Waals surface area contributed by atoms with Gasteiger partial charge < -0.3 is 22.0 Å². The number of halogens is 3. The number of nitrogens with one attached hydrogen (secondary N) is 1. The van der Waals surface area contributed by atoms with Crippen LogP contribution in [0.15, 0.2) is 0 Å². The van der Waals surface area contributed by atoms with E-state index in [1.54, 1.807) is 0 Å². The number of hydrogen-bond donors (Lipinski definition) is 4. The first-order valence-corrected chi connectivity index (χ1v) is 2.91. The van der Waals surface area contributed by atoms with Crippen LogP contribution in [-0.2, 0) is 4.79 Å². The number of nitrogens with two attached hydrogens (primary N) is 2. The van der Waals surface area contributed by atoms with E-state index in [0.29, 0.717) is 0 Å². The van der Waals surface area contributed by atoms with E-state index in [-0.39, 0.29) is 74.9 Å². The summed E-state index contributed by atoms with van der Waals surface area (Å²) < 4.78 is 31.7. The summed E-state index contributed by atoms with van der Waals surface area (Å²) >= 11 is 3.70. The summed E-state index contributed by atoms with van der Waals surface area (Å²) in [6.07, 6.45) is -5.08. The van der Waals surface area contributed by atoms with Crippen molar-refractivity contribution in [1.82, 2.24) is 0 Å². The summed E-state index contributed by atoms with van der Waals surface area (Å²) in [6, 6.07) is 0. The zero-order valence-electron chi connectivity index (χ0n) is 7.50. The van der Waals surface area contributed by atoms with Gasteiger partial charge in [-0.15, -0.1) is 0 Å². The minimum Gasteiger partial charge on any atom is -0.753 e. The number of hydrogen-bond acceptors (Lipinski definition) is 3. The molecule has 0 radical (unpaired) electrons. The molecule has 0 spiro atoms. The molecule has 6 nitrogen and oxygen atoms in total. The fourth-order valence-electron chi connectivity index (χ4n) is 0. The Labute approximate surface area is 147 Å². The van der Waals surface area contributed by atoms with Gasteiger partial charge in [0.2, 0.25) is 0 Å². The molecule has 0 bridgehead atoms. The maximum absolute atomic E-state index is 10.6. The zero-order valence-corrected chi connectivity index (χ0v) is 14.6. The average molecular weight is 364 g/mol. The molecule has 0 aliphatic rings. The van der Waals surface area contributed by atoms with Gasteiger partial charge in [0.05, 0.1) is 0 Å². The molecule has 0 heterocycles. The molecule has 0 unspecified atom stereocenters. The Morgan fingerprint density at radius 1 is 1.47 bits per heavy atom. The van der Waals surface area contributed by atoms with E-state index in [2.05, 4.69) is 23.7 Å². The molecule has 82 valence electrons. The maximum atomic E-state index is 10.6. The first-order chi connectivity index (χ1) is 6.09. The second kappa shape index (κ2) is 14.4. The maximum Gasteiger partial charge on any atom is 1.00 e. The van der Waals surface area contributed by atoms with Crippen molar-refractivity contribution < 1.29 is 92.0 Å². The molecule has 0 aliphatic heterocycles. The van der Waals surface area contributed by atoms with Crippen LogP contribution in [0.3, 0.4) is 0 Å². The topological polar surface area (TPSA) is 135 Å². The first-order valence-electron chi connectivity index (χ1n) is 2.50. The number of thiocarbonyl (C=S) groups is 1. The zero-order chi connectivity index (χ0) is 12.4. The molecule has 0 saturated carbocycles. The number of rotatable bonds is 0. The first kappa shape index (κ1) is 24.6. The van der Waals surface area contributed by atoms with Crippen LogP contribution in [0.1, 0.15) is 0 Å². The van der Waals surface area contributed by atoms with Crippen molar-refractivity contribution in [3.05, 3.63) is 5.41 Å². The van der Waals surface area contributed by atoms with E-state index in [1.807, 2.05) is 0 Å². The van der Waals surface area contributed by atoms with Gasteiger partial charge in [0.15, 0.2) is 5.96 Å². The van der Waals surface area contributed by atoms with Crippen LogP contribution in [0.25, 0.3) is 5.41 Å². The monoisotopic (exact) mass is 364 g/mol. The molecule has 0 fully saturated rings. The van der Waals surface area contributed by atoms with Crippen LogP contribution in [0, 0.1) is 5.41 Å². The van der Waals surface area contributed by atoms with E-state index in [4.69, 9.17) is 20.7 Å². The minimum atomic E-state index is -5.08. The number of alkyl halides is 3. The van der Waals surface area contributed by atoms with E-state index >= 15 is 0 Å². The van der Waals surface area contributed by atoms with Gasteiger partial charge in [-0.1, -0.05) is 12.2 Å². The number of guanidine groups is 1. The summed E-state index contributed by atoms with van der Waals surface area (Å²) in [5, 5.41) is 21.6. The van der Waals surface area contributed by atoms with Gasteiger partial charge in [-0.3, -0.25) is 5.41 Å². The van der Waals surface area contributed by atoms with Gasteiger partial charge in [-0.2, -0.15) is 18.3 Å². The standard InChI is InChI=1S/C2HF3O2.CH5N3.CNS.Cs/c3-2(4,5)1(6)7;2-1(3)4;2-1-3;/h(H,6,7);(H5,2,3,4);;/q;;-1;+1. The molecular formula is C4H6CsF3N4O2S. The third-order valence-electron chi connectivity index (χ3n) is 0.243. The fourth-order valence-corrected chi connectivity index (χ4v) is 0. The molecule has 0 aromatic carbocycles. The van der Waals surface area contributed by atoms with Crippen molar-refractivity contribution in [2.45, 2.75) is 6.18 Å². The van der Waals surface area contributed by atoms with E-state index in [0.717, 1.165) is 0 Å². The quantitative estimate of drug-likeness (QED) is 0.208. The summed E-state index contributed by atoms with van der Waals surface area (Å²) in [4.78, 5) is 8.90. The van der Waals surface area contributed by atoms with E-state index < -0.39 is 12.1 Å². The average Bonchev–Trinajstić information content (AvgIpc) is 1.84. The molecule has 6 N–H and O–H groups in total. The van der Waals surface area contributed by atoms with Crippen LogP contribution in [0.2, 0.25) is 0 Å². The SMILES string of the molecule is N=C(N)N.O=C(O)C(F)(F)F.[Cs+].[N-]=C=S. The summed E-state index contributed by atoms with van der Waals surface area (Å²) in [5.41, 5.74) is 8.94. The molecule has 11 heteroatoms. The van der Waals surface area contributed by atoms with Crippen LogP contribution in [-0.4, -0.2) is 28.4 Å². The van der Waals surface area contributed by atoms with E-state index in [1.165, 1.54) is 5.16 Å². The predicted molar refractivity (Wildman–Crippen MR) is 45.7 cm³/mol. The molecule has 0 amide bonds. The Hall–Kier alpha value is 0.382. The smallest absolute Gasteiger partial charge is 0.753 e. The third-order valence-corrected chi connectivity index (χ3v) is 0.243. The van der Waals surface area contributed by atoms with Crippen molar-refractivity contribution in [3.63, 3.8) is 0 Å². The molecular weight excluding hydrogens is 358 g/mol. The Morgan fingerprint density at radius 3 is 1.53 bits per heavy atom. The number of carboxylic acids is 1. The second-order valence-electron chi connectivity index (χ2n) is 1.35. The third kappa shape index (κ3) is 54.1. The molecule has 0 atom stereocenters. The van der Waals surface area contributed by atoms with Crippen molar-refractivity contribution >= 4 is 29.3 Å².